The number of primary amides is 1. The minimum Gasteiger partial charge on any atom is -0.369 e. The summed E-state index contributed by atoms with van der Waals surface area (Å²) in [6.07, 6.45) is 1.54. The summed E-state index contributed by atoms with van der Waals surface area (Å²) < 4.78 is 1.83. The number of amides is 1. The van der Waals surface area contributed by atoms with Crippen LogP contribution in [0.4, 0.5) is 5.82 Å². The lowest BCUT2D eigenvalue weighted by Crippen LogP contribution is -2.36. The molecule has 7 heteroatoms. The Kier molecular flexibility index (Phi) is 4.41. The molecule has 124 valence electrons. The van der Waals surface area contributed by atoms with Gasteiger partial charge in [-0.15, -0.1) is 11.3 Å². The van der Waals surface area contributed by atoms with Crippen molar-refractivity contribution in [2.75, 3.05) is 18.4 Å². The fourth-order valence-electron chi connectivity index (χ4n) is 3.11. The number of hydrogen-bond donors (Lipinski definition) is 3. The SMILES string of the molecule is Cc1cc([C@H](C)NC[C@@H]2CNc3c(C(N)=O)cnn3C2)c(C)s1. The van der Waals surface area contributed by atoms with Gasteiger partial charge in [0.15, 0.2) is 0 Å². The Morgan fingerprint density at radius 3 is 3.04 bits per heavy atom. The minimum atomic E-state index is -0.438. The summed E-state index contributed by atoms with van der Waals surface area (Å²) in [7, 11) is 0. The molecule has 0 aliphatic carbocycles. The molecule has 4 N–H and O–H groups in total. The number of anilines is 1. The lowest BCUT2D eigenvalue weighted by molar-refractivity contribution is 0.100. The molecule has 0 spiro atoms. The highest BCUT2D eigenvalue weighted by Crippen LogP contribution is 2.27. The van der Waals surface area contributed by atoms with Crippen molar-refractivity contribution in [3.05, 3.63) is 33.1 Å². The number of hydrogen-bond acceptors (Lipinski definition) is 5. The number of nitrogens with two attached hydrogens (primary N) is 1. The van der Waals surface area contributed by atoms with Crippen LogP contribution in [-0.2, 0) is 6.54 Å². The molecule has 1 amide bonds. The number of thiophene rings is 1. The van der Waals surface area contributed by atoms with Gasteiger partial charge in [0, 0.05) is 41.3 Å². The predicted molar refractivity (Wildman–Crippen MR) is 92.9 cm³/mol. The first-order chi connectivity index (χ1) is 11.0. The van der Waals surface area contributed by atoms with Crippen molar-refractivity contribution in [3.8, 4) is 0 Å². The van der Waals surface area contributed by atoms with Gasteiger partial charge in [-0.25, -0.2) is 4.68 Å². The molecule has 23 heavy (non-hydrogen) atoms. The highest BCUT2D eigenvalue weighted by Gasteiger charge is 2.24. The zero-order valence-corrected chi connectivity index (χ0v) is 14.5. The number of carbonyl (C=O) groups excluding carboxylic acids is 1. The van der Waals surface area contributed by atoms with E-state index in [1.54, 1.807) is 6.20 Å². The van der Waals surface area contributed by atoms with Crippen LogP contribution >= 0.6 is 11.3 Å². The van der Waals surface area contributed by atoms with E-state index in [1.165, 1.54) is 15.3 Å². The Labute approximate surface area is 140 Å². The Hall–Kier alpha value is -1.86. The maximum absolute atomic E-state index is 11.3. The first-order valence-corrected chi connectivity index (χ1v) is 8.67. The van der Waals surface area contributed by atoms with E-state index in [4.69, 9.17) is 5.73 Å². The first-order valence-electron chi connectivity index (χ1n) is 7.85. The monoisotopic (exact) mass is 333 g/mol. The first kappa shape index (κ1) is 16.0. The van der Waals surface area contributed by atoms with Gasteiger partial charge < -0.3 is 16.4 Å². The van der Waals surface area contributed by atoms with Crippen LogP contribution in [0.1, 0.15) is 38.6 Å². The number of fused-ring (bicyclic) bond motifs is 1. The van der Waals surface area contributed by atoms with Gasteiger partial charge in [0.25, 0.3) is 5.91 Å². The molecule has 0 unspecified atom stereocenters. The Morgan fingerprint density at radius 2 is 2.39 bits per heavy atom. The zero-order chi connectivity index (χ0) is 16.6. The smallest absolute Gasteiger partial charge is 0.254 e. The fraction of sp³-hybridized carbons (Fsp3) is 0.500. The molecule has 0 radical (unpaired) electrons. The molecule has 0 saturated carbocycles. The third-order valence-electron chi connectivity index (χ3n) is 4.35. The molecule has 2 atom stereocenters. The van der Waals surface area contributed by atoms with E-state index in [9.17, 15) is 4.79 Å². The second-order valence-electron chi connectivity index (χ2n) is 6.20. The molecule has 3 heterocycles. The van der Waals surface area contributed by atoms with Gasteiger partial charge in [-0.3, -0.25) is 4.79 Å². The molecule has 0 saturated heterocycles. The Bertz CT molecular complexity index is 720. The molecule has 0 bridgehead atoms. The van der Waals surface area contributed by atoms with Crippen molar-refractivity contribution in [3.63, 3.8) is 0 Å². The molecule has 3 rings (SSSR count). The number of carbonyl (C=O) groups is 1. The molecule has 2 aromatic rings. The van der Waals surface area contributed by atoms with Gasteiger partial charge in [-0.05, 0) is 32.4 Å². The lowest BCUT2D eigenvalue weighted by atomic mass is 10.1. The predicted octanol–water partition coefficient (Wildman–Crippen LogP) is 2.05. The standard InChI is InChI=1S/C16H23N5OS/c1-9-4-13(11(3)23-9)10(2)18-5-12-6-19-16-14(15(17)22)7-20-21(16)8-12/h4,7,10,12,18-19H,5-6,8H2,1-3H3,(H2,17,22)/t10-,12+/m0/s1. The largest absolute Gasteiger partial charge is 0.369 e. The van der Waals surface area contributed by atoms with Crippen molar-refractivity contribution in [1.29, 1.82) is 0 Å². The highest BCUT2D eigenvalue weighted by atomic mass is 32.1. The summed E-state index contributed by atoms with van der Waals surface area (Å²) in [4.78, 5) is 14.1. The van der Waals surface area contributed by atoms with Crippen LogP contribution in [-0.4, -0.2) is 28.8 Å². The average molecular weight is 333 g/mol. The van der Waals surface area contributed by atoms with Crippen LogP contribution in [0.5, 0.6) is 0 Å². The molecule has 1 aliphatic heterocycles. The van der Waals surface area contributed by atoms with Crippen LogP contribution in [0.15, 0.2) is 12.3 Å². The van der Waals surface area contributed by atoms with E-state index < -0.39 is 5.91 Å². The van der Waals surface area contributed by atoms with Crippen LogP contribution in [0.3, 0.4) is 0 Å². The number of nitrogens with one attached hydrogen (secondary N) is 2. The maximum atomic E-state index is 11.3. The van der Waals surface area contributed by atoms with Crippen molar-refractivity contribution in [2.24, 2.45) is 11.7 Å². The topological polar surface area (TPSA) is 85.0 Å². The van der Waals surface area contributed by atoms with Gasteiger partial charge >= 0.3 is 0 Å². The van der Waals surface area contributed by atoms with Gasteiger partial charge in [-0.1, -0.05) is 0 Å². The quantitative estimate of drug-likeness (QED) is 0.782. The minimum absolute atomic E-state index is 0.333. The second-order valence-corrected chi connectivity index (χ2v) is 7.66. The molecule has 6 nitrogen and oxygen atoms in total. The summed E-state index contributed by atoms with van der Waals surface area (Å²) in [5, 5.41) is 11.2. The number of aryl methyl sites for hydroxylation is 2. The summed E-state index contributed by atoms with van der Waals surface area (Å²) >= 11 is 1.84. The molecular weight excluding hydrogens is 310 g/mol. The summed E-state index contributed by atoms with van der Waals surface area (Å²) in [5.41, 5.74) is 7.20. The van der Waals surface area contributed by atoms with E-state index in [2.05, 4.69) is 42.6 Å². The average Bonchev–Trinajstić information content (AvgIpc) is 3.07. The van der Waals surface area contributed by atoms with Gasteiger partial charge in [0.2, 0.25) is 0 Å². The number of rotatable bonds is 5. The van der Waals surface area contributed by atoms with E-state index in [0.29, 0.717) is 17.5 Å². The Morgan fingerprint density at radius 1 is 1.61 bits per heavy atom. The van der Waals surface area contributed by atoms with Gasteiger partial charge in [0.1, 0.15) is 11.4 Å². The number of nitrogens with zero attached hydrogens (tertiary/aromatic N) is 2. The van der Waals surface area contributed by atoms with Gasteiger partial charge in [0.05, 0.1) is 6.20 Å². The third kappa shape index (κ3) is 3.25. The molecular formula is C16H23N5OS. The van der Waals surface area contributed by atoms with Crippen molar-refractivity contribution < 1.29 is 4.79 Å². The van der Waals surface area contributed by atoms with E-state index in [-0.39, 0.29) is 0 Å². The lowest BCUT2D eigenvalue weighted by Gasteiger charge is -2.27. The normalized spacial score (nSPS) is 18.3. The second kappa shape index (κ2) is 6.33. The van der Waals surface area contributed by atoms with Crippen LogP contribution in [0.2, 0.25) is 0 Å². The molecule has 2 aromatic heterocycles. The summed E-state index contributed by atoms with van der Waals surface area (Å²) in [5.74, 6) is 0.726. The molecule has 1 aliphatic rings. The van der Waals surface area contributed by atoms with Crippen LogP contribution in [0.25, 0.3) is 0 Å². The van der Waals surface area contributed by atoms with E-state index in [0.717, 1.165) is 25.5 Å². The van der Waals surface area contributed by atoms with Gasteiger partial charge in [-0.2, -0.15) is 5.10 Å². The Balaban J connectivity index is 1.60. The molecule has 0 fully saturated rings. The zero-order valence-electron chi connectivity index (χ0n) is 13.7. The van der Waals surface area contributed by atoms with E-state index >= 15 is 0 Å². The summed E-state index contributed by atoms with van der Waals surface area (Å²) in [6, 6.07) is 2.60. The van der Waals surface area contributed by atoms with Crippen molar-refractivity contribution >= 4 is 23.1 Å². The van der Waals surface area contributed by atoms with Crippen LogP contribution < -0.4 is 16.4 Å². The summed E-state index contributed by atoms with van der Waals surface area (Å²) in [6.45, 7) is 9.02. The van der Waals surface area contributed by atoms with Crippen molar-refractivity contribution in [1.82, 2.24) is 15.1 Å². The number of aromatic nitrogens is 2. The maximum Gasteiger partial charge on any atom is 0.254 e. The fourth-order valence-corrected chi connectivity index (χ4v) is 4.13. The van der Waals surface area contributed by atoms with Crippen molar-refractivity contribution in [2.45, 2.75) is 33.4 Å². The highest BCUT2D eigenvalue weighted by molar-refractivity contribution is 7.12. The van der Waals surface area contributed by atoms with E-state index in [1.807, 2.05) is 16.0 Å². The van der Waals surface area contributed by atoms with Crippen LogP contribution in [0, 0.1) is 19.8 Å². The third-order valence-corrected chi connectivity index (χ3v) is 5.33. The molecule has 0 aromatic carbocycles.